The van der Waals surface area contributed by atoms with Gasteiger partial charge in [0.1, 0.15) is 6.61 Å². The molecule has 0 aliphatic carbocycles. The number of hydrogen-bond acceptors (Lipinski definition) is 5. The Bertz CT molecular complexity index is 427. The molecule has 25 heavy (non-hydrogen) atoms. The van der Waals surface area contributed by atoms with Crippen LogP contribution in [0.2, 0.25) is 0 Å². The molecule has 0 heterocycles. The zero-order valence-corrected chi connectivity index (χ0v) is 15.2. The fourth-order valence-corrected chi connectivity index (χ4v) is 2.00. The van der Waals surface area contributed by atoms with Gasteiger partial charge in [0.2, 0.25) is 0 Å². The lowest BCUT2D eigenvalue weighted by Crippen LogP contribution is -2.28. The Morgan fingerprint density at radius 2 is 1.52 bits per heavy atom. The molecule has 0 fully saturated rings. The molecule has 0 unspecified atom stereocenters. The van der Waals surface area contributed by atoms with Crippen LogP contribution in [0.15, 0.2) is 30.3 Å². The van der Waals surface area contributed by atoms with Crippen LogP contribution in [0.4, 0.5) is 4.79 Å². The van der Waals surface area contributed by atoms with E-state index in [1.807, 2.05) is 30.3 Å². The van der Waals surface area contributed by atoms with Crippen molar-refractivity contribution in [2.24, 2.45) is 0 Å². The fourth-order valence-electron chi connectivity index (χ4n) is 2.00. The molecule has 1 aromatic carbocycles. The Morgan fingerprint density at radius 3 is 2.20 bits per heavy atom. The quantitative estimate of drug-likeness (QED) is 0.491. The smallest absolute Gasteiger partial charge is 0.407 e. The second-order valence-electron chi connectivity index (χ2n) is 5.53. The predicted octanol–water partition coefficient (Wildman–Crippen LogP) is 3.15. The van der Waals surface area contributed by atoms with E-state index in [4.69, 9.17) is 18.9 Å². The topological polar surface area (TPSA) is 66.0 Å². The molecule has 0 bridgehead atoms. The number of carbonyl (C=O) groups is 1. The molecule has 1 rings (SSSR count). The fraction of sp³-hybridized carbons (Fsp3) is 0.632. The van der Waals surface area contributed by atoms with Gasteiger partial charge in [0.05, 0.1) is 33.0 Å². The van der Waals surface area contributed by atoms with Crippen molar-refractivity contribution in [2.45, 2.75) is 32.8 Å². The van der Waals surface area contributed by atoms with Crippen molar-refractivity contribution >= 4 is 6.09 Å². The number of ether oxygens (including phenoxy) is 4. The molecular formula is C19H31NO5. The lowest BCUT2D eigenvalue weighted by molar-refractivity contribution is 0.0144. The summed E-state index contributed by atoms with van der Waals surface area (Å²) in [6.45, 7) is 6.31. The van der Waals surface area contributed by atoms with Crippen molar-refractivity contribution in [3.63, 3.8) is 0 Å². The van der Waals surface area contributed by atoms with Gasteiger partial charge in [-0.1, -0.05) is 50.1 Å². The van der Waals surface area contributed by atoms with E-state index in [9.17, 15) is 4.79 Å². The average Bonchev–Trinajstić information content (AvgIpc) is 2.64. The van der Waals surface area contributed by atoms with Crippen LogP contribution in [0, 0.1) is 0 Å². The number of amides is 1. The van der Waals surface area contributed by atoms with Gasteiger partial charge in [0, 0.05) is 13.2 Å². The molecule has 0 radical (unpaired) electrons. The largest absolute Gasteiger partial charge is 0.445 e. The van der Waals surface area contributed by atoms with E-state index in [-0.39, 0.29) is 6.61 Å². The van der Waals surface area contributed by atoms with Crippen LogP contribution < -0.4 is 5.32 Å². The van der Waals surface area contributed by atoms with Crippen LogP contribution in [0.1, 0.15) is 31.7 Å². The van der Waals surface area contributed by atoms with E-state index >= 15 is 0 Å². The Labute approximate surface area is 150 Å². The van der Waals surface area contributed by atoms with E-state index in [1.54, 1.807) is 0 Å². The van der Waals surface area contributed by atoms with Crippen molar-refractivity contribution in [1.29, 1.82) is 0 Å². The summed E-state index contributed by atoms with van der Waals surface area (Å²) in [6, 6.07) is 9.56. The van der Waals surface area contributed by atoms with Crippen LogP contribution in [0.5, 0.6) is 0 Å². The molecule has 1 N–H and O–H groups in total. The molecule has 6 nitrogen and oxygen atoms in total. The Balaban J connectivity index is 1.80. The number of carbonyl (C=O) groups excluding carboxylic acids is 1. The molecule has 0 saturated heterocycles. The number of rotatable bonds is 15. The summed E-state index contributed by atoms with van der Waals surface area (Å²) in [4.78, 5) is 11.5. The number of benzene rings is 1. The van der Waals surface area contributed by atoms with E-state index in [0.29, 0.717) is 39.6 Å². The number of nitrogens with one attached hydrogen (secondary N) is 1. The highest BCUT2D eigenvalue weighted by atomic mass is 16.6. The Kier molecular flexibility index (Phi) is 13.6. The first kappa shape index (κ1) is 21.4. The SMILES string of the molecule is CCCCCOCCOCCOCCNC(=O)OCc1ccccc1. The third-order valence-electron chi connectivity index (χ3n) is 3.36. The second-order valence-corrected chi connectivity index (χ2v) is 5.53. The lowest BCUT2D eigenvalue weighted by atomic mass is 10.2. The highest BCUT2D eigenvalue weighted by Gasteiger charge is 2.01. The maximum absolute atomic E-state index is 11.5. The van der Waals surface area contributed by atoms with E-state index in [2.05, 4.69) is 12.2 Å². The van der Waals surface area contributed by atoms with Crippen LogP contribution in [-0.2, 0) is 25.6 Å². The van der Waals surface area contributed by atoms with Gasteiger partial charge in [-0.05, 0) is 12.0 Å². The standard InChI is InChI=1S/C19H31NO5/c1-2-3-7-11-22-13-15-24-16-14-23-12-10-20-19(21)25-17-18-8-5-4-6-9-18/h4-6,8-9H,2-3,7,10-17H2,1H3,(H,20,21). The minimum absolute atomic E-state index is 0.266. The molecule has 142 valence electrons. The zero-order chi connectivity index (χ0) is 18.0. The van der Waals surface area contributed by atoms with Gasteiger partial charge in [-0.3, -0.25) is 0 Å². The zero-order valence-electron chi connectivity index (χ0n) is 15.2. The molecular weight excluding hydrogens is 322 g/mol. The van der Waals surface area contributed by atoms with Crippen LogP contribution in [0.3, 0.4) is 0 Å². The maximum Gasteiger partial charge on any atom is 0.407 e. The minimum Gasteiger partial charge on any atom is -0.445 e. The summed E-state index contributed by atoms with van der Waals surface area (Å²) in [5.41, 5.74) is 0.959. The lowest BCUT2D eigenvalue weighted by Gasteiger charge is -2.08. The third kappa shape index (κ3) is 13.3. The first-order valence-electron chi connectivity index (χ1n) is 9.00. The average molecular weight is 353 g/mol. The van der Waals surface area contributed by atoms with Crippen molar-refractivity contribution in [3.8, 4) is 0 Å². The Morgan fingerprint density at radius 1 is 0.880 bits per heavy atom. The van der Waals surface area contributed by atoms with Crippen LogP contribution in [-0.4, -0.2) is 52.3 Å². The molecule has 0 aliphatic rings. The van der Waals surface area contributed by atoms with Gasteiger partial charge in [-0.25, -0.2) is 4.79 Å². The van der Waals surface area contributed by atoms with E-state index in [1.165, 1.54) is 12.8 Å². The molecule has 0 aliphatic heterocycles. The van der Waals surface area contributed by atoms with Gasteiger partial charge >= 0.3 is 6.09 Å². The predicted molar refractivity (Wildman–Crippen MR) is 96.6 cm³/mol. The van der Waals surface area contributed by atoms with Gasteiger partial charge in [-0.2, -0.15) is 0 Å². The normalized spacial score (nSPS) is 10.6. The third-order valence-corrected chi connectivity index (χ3v) is 3.36. The first-order valence-corrected chi connectivity index (χ1v) is 9.00. The summed E-state index contributed by atoms with van der Waals surface area (Å²) in [6.07, 6.45) is 3.09. The van der Waals surface area contributed by atoms with Crippen LogP contribution >= 0.6 is 0 Å². The number of alkyl carbamates (subject to hydrolysis) is 1. The molecule has 0 spiro atoms. The summed E-state index contributed by atoms with van der Waals surface area (Å²) >= 11 is 0. The highest BCUT2D eigenvalue weighted by Crippen LogP contribution is 2.00. The monoisotopic (exact) mass is 353 g/mol. The van der Waals surface area contributed by atoms with Gasteiger partial charge in [0.25, 0.3) is 0 Å². The molecule has 0 aromatic heterocycles. The first-order chi connectivity index (χ1) is 12.3. The Hall–Kier alpha value is -1.63. The van der Waals surface area contributed by atoms with Crippen molar-refractivity contribution < 1.29 is 23.7 Å². The number of hydrogen-bond donors (Lipinski definition) is 1. The van der Waals surface area contributed by atoms with Gasteiger partial charge in [-0.15, -0.1) is 0 Å². The minimum atomic E-state index is -0.441. The van der Waals surface area contributed by atoms with Crippen molar-refractivity contribution in [2.75, 3.05) is 46.2 Å². The highest BCUT2D eigenvalue weighted by molar-refractivity contribution is 5.67. The van der Waals surface area contributed by atoms with Crippen LogP contribution in [0.25, 0.3) is 0 Å². The summed E-state index contributed by atoms with van der Waals surface area (Å²) < 4.78 is 21.3. The van der Waals surface area contributed by atoms with E-state index < -0.39 is 6.09 Å². The number of unbranched alkanes of at least 4 members (excludes halogenated alkanes) is 2. The van der Waals surface area contributed by atoms with Crippen molar-refractivity contribution in [1.82, 2.24) is 5.32 Å². The molecule has 6 heteroatoms. The summed E-state index contributed by atoms with van der Waals surface area (Å²) in [7, 11) is 0. The molecule has 0 saturated carbocycles. The molecule has 1 aromatic rings. The summed E-state index contributed by atoms with van der Waals surface area (Å²) in [5.74, 6) is 0. The van der Waals surface area contributed by atoms with Gasteiger partial charge in [0.15, 0.2) is 0 Å². The van der Waals surface area contributed by atoms with E-state index in [0.717, 1.165) is 18.6 Å². The molecule has 1 amide bonds. The van der Waals surface area contributed by atoms with Crippen molar-refractivity contribution in [3.05, 3.63) is 35.9 Å². The summed E-state index contributed by atoms with van der Waals surface area (Å²) in [5, 5.41) is 2.64. The second kappa shape index (κ2) is 15.9. The van der Waals surface area contributed by atoms with Gasteiger partial charge < -0.3 is 24.3 Å². The molecule has 0 atom stereocenters. The maximum atomic E-state index is 11.5.